The number of benzene rings is 1. The molecule has 3 rings (SSSR count). The molecular formula is C24H28N2O5. The molecule has 1 aromatic heterocycles. The molecule has 0 saturated carbocycles. The zero-order valence-electron chi connectivity index (χ0n) is 18.0. The van der Waals surface area contributed by atoms with Gasteiger partial charge in [0.1, 0.15) is 5.76 Å². The smallest absolute Gasteiger partial charge is 0.223 e. The van der Waals surface area contributed by atoms with Crippen molar-refractivity contribution >= 4 is 11.8 Å². The number of ether oxygens (including phenoxy) is 2. The molecule has 1 fully saturated rings. The number of amides is 2. The second-order valence-corrected chi connectivity index (χ2v) is 7.73. The Morgan fingerprint density at radius 1 is 1.29 bits per heavy atom. The monoisotopic (exact) mass is 424 g/mol. The van der Waals surface area contributed by atoms with Gasteiger partial charge in [0.15, 0.2) is 11.5 Å². The fourth-order valence-corrected chi connectivity index (χ4v) is 4.00. The molecule has 0 aliphatic carbocycles. The Morgan fingerprint density at radius 2 is 2.10 bits per heavy atom. The van der Waals surface area contributed by atoms with Crippen LogP contribution >= 0.6 is 0 Å². The molecule has 2 amide bonds. The number of methoxy groups -OCH3 is 2. The summed E-state index contributed by atoms with van der Waals surface area (Å²) in [7, 11) is 3.18. The summed E-state index contributed by atoms with van der Waals surface area (Å²) in [5.74, 6) is 4.43. The number of nitrogens with zero attached hydrogens (tertiary/aromatic N) is 1. The van der Waals surface area contributed by atoms with Crippen molar-refractivity contribution in [1.82, 2.24) is 10.2 Å². The van der Waals surface area contributed by atoms with Crippen LogP contribution in [0.4, 0.5) is 0 Å². The Balaban J connectivity index is 1.71. The minimum Gasteiger partial charge on any atom is -0.493 e. The third-order valence-corrected chi connectivity index (χ3v) is 5.60. The summed E-state index contributed by atoms with van der Waals surface area (Å²) in [5.41, 5.74) is 0.516. The SMILES string of the molecule is C#CCN(Cc1ccco1)C(=O)CCC1(Cc2ccc(OC)c(OC)c2)CCC(=O)N1. The molecule has 1 unspecified atom stereocenters. The van der Waals surface area contributed by atoms with Gasteiger partial charge in [0.05, 0.1) is 33.6 Å². The van der Waals surface area contributed by atoms with Crippen molar-refractivity contribution in [2.24, 2.45) is 0 Å². The van der Waals surface area contributed by atoms with Crippen LogP contribution < -0.4 is 14.8 Å². The average molecular weight is 424 g/mol. The fourth-order valence-electron chi connectivity index (χ4n) is 4.00. The number of hydrogen-bond donors (Lipinski definition) is 1. The number of nitrogens with one attached hydrogen (secondary N) is 1. The van der Waals surface area contributed by atoms with Gasteiger partial charge in [-0.15, -0.1) is 6.42 Å². The van der Waals surface area contributed by atoms with Crippen molar-refractivity contribution < 1.29 is 23.5 Å². The van der Waals surface area contributed by atoms with E-state index in [1.54, 1.807) is 31.4 Å². The van der Waals surface area contributed by atoms with Gasteiger partial charge in [-0.1, -0.05) is 12.0 Å². The zero-order valence-corrected chi connectivity index (χ0v) is 18.0. The molecule has 0 bridgehead atoms. The van der Waals surface area contributed by atoms with Crippen LogP contribution in [0.3, 0.4) is 0 Å². The van der Waals surface area contributed by atoms with E-state index in [9.17, 15) is 9.59 Å². The first-order valence-corrected chi connectivity index (χ1v) is 10.2. The lowest BCUT2D eigenvalue weighted by atomic mass is 9.84. The van der Waals surface area contributed by atoms with Gasteiger partial charge in [0.2, 0.25) is 11.8 Å². The Bertz CT molecular complexity index is 947. The Hall–Kier alpha value is -3.40. The molecule has 1 atom stereocenters. The van der Waals surface area contributed by atoms with E-state index in [4.69, 9.17) is 20.3 Å². The van der Waals surface area contributed by atoms with Crippen LogP contribution in [0.5, 0.6) is 11.5 Å². The molecule has 2 aromatic rings. The average Bonchev–Trinajstić information content (AvgIpc) is 3.41. The van der Waals surface area contributed by atoms with Crippen LogP contribution in [0.1, 0.15) is 37.0 Å². The van der Waals surface area contributed by atoms with Crippen LogP contribution in [0.2, 0.25) is 0 Å². The van der Waals surface area contributed by atoms with Crippen molar-refractivity contribution in [2.45, 2.75) is 44.2 Å². The largest absolute Gasteiger partial charge is 0.493 e. The third-order valence-electron chi connectivity index (χ3n) is 5.60. The molecule has 1 saturated heterocycles. The molecular weight excluding hydrogens is 396 g/mol. The van der Waals surface area contributed by atoms with E-state index >= 15 is 0 Å². The van der Waals surface area contributed by atoms with Crippen molar-refractivity contribution in [3.05, 3.63) is 47.9 Å². The number of furan rings is 1. The second kappa shape index (κ2) is 10.1. The Labute approximate surface area is 182 Å². The minimum absolute atomic E-state index is 0.00370. The number of carbonyl (C=O) groups is 2. The summed E-state index contributed by atoms with van der Waals surface area (Å²) in [5, 5.41) is 3.11. The van der Waals surface area contributed by atoms with E-state index < -0.39 is 5.54 Å². The molecule has 0 radical (unpaired) electrons. The number of hydrogen-bond acceptors (Lipinski definition) is 5. The minimum atomic E-state index is -0.487. The molecule has 7 nitrogen and oxygen atoms in total. The van der Waals surface area contributed by atoms with E-state index in [1.165, 1.54) is 0 Å². The van der Waals surface area contributed by atoms with Crippen LogP contribution in [-0.4, -0.2) is 43.0 Å². The summed E-state index contributed by atoms with van der Waals surface area (Å²) in [6.45, 7) is 0.527. The van der Waals surface area contributed by atoms with Crippen LogP contribution in [0.15, 0.2) is 41.0 Å². The summed E-state index contributed by atoms with van der Waals surface area (Å²) in [6.07, 6.45) is 9.53. The zero-order chi connectivity index (χ0) is 22.3. The van der Waals surface area contributed by atoms with Crippen molar-refractivity contribution in [2.75, 3.05) is 20.8 Å². The van der Waals surface area contributed by atoms with Gasteiger partial charge in [0.25, 0.3) is 0 Å². The standard InChI is InChI=1S/C24H28N2O5/c1-4-13-26(17-19-6-5-14-31-19)23(28)10-12-24(11-9-22(27)25-24)16-18-7-8-20(29-2)21(15-18)30-3/h1,5-8,14-15H,9-13,16-17H2,2-3H3,(H,25,27). The number of terminal acetylenes is 1. The first-order valence-electron chi connectivity index (χ1n) is 10.2. The van der Waals surface area contributed by atoms with Crippen molar-refractivity contribution in [1.29, 1.82) is 0 Å². The maximum Gasteiger partial charge on any atom is 0.223 e. The summed E-state index contributed by atoms with van der Waals surface area (Å²) < 4.78 is 16.1. The molecule has 7 heteroatoms. The molecule has 164 valence electrons. The van der Waals surface area contributed by atoms with E-state index in [-0.39, 0.29) is 24.8 Å². The quantitative estimate of drug-likeness (QED) is 0.593. The first kappa shape index (κ1) is 22.3. The molecule has 0 spiro atoms. The second-order valence-electron chi connectivity index (χ2n) is 7.73. The Kier molecular flexibility index (Phi) is 7.24. The highest BCUT2D eigenvalue weighted by Crippen LogP contribution is 2.33. The highest BCUT2D eigenvalue weighted by atomic mass is 16.5. The topological polar surface area (TPSA) is 81.0 Å². The number of rotatable bonds is 10. The van der Waals surface area contributed by atoms with Crippen LogP contribution in [0, 0.1) is 12.3 Å². The molecule has 1 aromatic carbocycles. The summed E-state index contributed by atoms with van der Waals surface area (Å²) >= 11 is 0. The molecule has 1 N–H and O–H groups in total. The normalized spacial score (nSPS) is 17.6. The maximum absolute atomic E-state index is 12.9. The van der Waals surface area contributed by atoms with Gasteiger partial charge >= 0.3 is 0 Å². The van der Waals surface area contributed by atoms with E-state index in [2.05, 4.69) is 11.2 Å². The molecule has 31 heavy (non-hydrogen) atoms. The summed E-state index contributed by atoms with van der Waals surface area (Å²) in [6, 6.07) is 9.31. The van der Waals surface area contributed by atoms with E-state index in [1.807, 2.05) is 24.3 Å². The van der Waals surface area contributed by atoms with E-state index in [0.717, 1.165) is 5.56 Å². The lowest BCUT2D eigenvalue weighted by Crippen LogP contribution is -2.45. The molecule has 2 heterocycles. The van der Waals surface area contributed by atoms with E-state index in [0.29, 0.717) is 49.5 Å². The molecule has 1 aliphatic rings. The van der Waals surface area contributed by atoms with Crippen LogP contribution in [0.25, 0.3) is 0 Å². The number of carbonyl (C=O) groups excluding carboxylic acids is 2. The lowest BCUT2D eigenvalue weighted by molar-refractivity contribution is -0.132. The van der Waals surface area contributed by atoms with Crippen LogP contribution in [-0.2, 0) is 22.6 Å². The van der Waals surface area contributed by atoms with Crippen molar-refractivity contribution in [3.8, 4) is 23.8 Å². The predicted octanol–water partition coefficient (Wildman–Crippen LogP) is 2.93. The molecule has 1 aliphatic heterocycles. The Morgan fingerprint density at radius 3 is 2.71 bits per heavy atom. The van der Waals surface area contributed by atoms with Gasteiger partial charge in [-0.3, -0.25) is 9.59 Å². The van der Waals surface area contributed by atoms with Gasteiger partial charge in [-0.25, -0.2) is 0 Å². The lowest BCUT2D eigenvalue weighted by Gasteiger charge is -2.30. The maximum atomic E-state index is 12.9. The van der Waals surface area contributed by atoms with Gasteiger partial charge in [0, 0.05) is 18.4 Å². The van der Waals surface area contributed by atoms with Crippen molar-refractivity contribution in [3.63, 3.8) is 0 Å². The fraction of sp³-hybridized carbons (Fsp3) is 0.417. The van der Waals surface area contributed by atoms with Gasteiger partial charge < -0.3 is 24.1 Å². The van der Waals surface area contributed by atoms with Gasteiger partial charge in [-0.2, -0.15) is 0 Å². The predicted molar refractivity (Wildman–Crippen MR) is 116 cm³/mol. The third kappa shape index (κ3) is 5.60. The highest BCUT2D eigenvalue weighted by molar-refractivity contribution is 5.80. The summed E-state index contributed by atoms with van der Waals surface area (Å²) in [4.78, 5) is 26.6. The van der Waals surface area contributed by atoms with Gasteiger partial charge in [-0.05, 0) is 49.1 Å². The first-order chi connectivity index (χ1) is 15.0. The highest BCUT2D eigenvalue weighted by Gasteiger charge is 2.38.